The maximum absolute atomic E-state index is 11.6. The van der Waals surface area contributed by atoms with Crippen LogP contribution in [0, 0.1) is 0 Å². The molecule has 0 heterocycles. The molecule has 1 N–H and O–H groups in total. The number of aliphatic carboxylic acids is 1. The van der Waals surface area contributed by atoms with E-state index in [1.807, 2.05) is 0 Å². The summed E-state index contributed by atoms with van der Waals surface area (Å²) in [5.74, 6) is -2.13. The van der Waals surface area contributed by atoms with Gasteiger partial charge >= 0.3 is 11.9 Å². The first-order valence-corrected chi connectivity index (χ1v) is 5.41. The van der Waals surface area contributed by atoms with Crippen LogP contribution in [0.4, 0.5) is 0 Å². The zero-order valence-electron chi connectivity index (χ0n) is 9.59. The predicted octanol–water partition coefficient (Wildman–Crippen LogP) is 0.181. The van der Waals surface area contributed by atoms with Gasteiger partial charge in [0.2, 0.25) is 5.91 Å². The second kappa shape index (κ2) is 6.03. The molecule has 0 aromatic rings. The molecule has 1 aliphatic rings. The largest absolute Gasteiger partial charge is 0.478 e. The van der Waals surface area contributed by atoms with Gasteiger partial charge < -0.3 is 14.7 Å². The summed E-state index contributed by atoms with van der Waals surface area (Å²) in [6.45, 7) is 1.82. The molecule has 0 unspecified atom stereocenters. The van der Waals surface area contributed by atoms with Crippen molar-refractivity contribution < 1.29 is 24.2 Å². The molecule has 1 saturated carbocycles. The molecule has 6 heteroatoms. The van der Waals surface area contributed by atoms with Gasteiger partial charge in [0.25, 0.3) is 0 Å². The smallest absolute Gasteiger partial charge is 0.328 e. The summed E-state index contributed by atoms with van der Waals surface area (Å²) in [5, 5.41) is 8.42. The molecule has 0 aromatic heterocycles. The van der Waals surface area contributed by atoms with Crippen LogP contribution in [0.25, 0.3) is 0 Å². The van der Waals surface area contributed by atoms with E-state index in [1.165, 1.54) is 4.90 Å². The molecule has 0 atom stereocenters. The second-order valence-corrected chi connectivity index (χ2v) is 3.67. The van der Waals surface area contributed by atoms with E-state index < -0.39 is 17.8 Å². The topological polar surface area (TPSA) is 83.9 Å². The van der Waals surface area contributed by atoms with Crippen LogP contribution in [0.2, 0.25) is 0 Å². The Labute approximate surface area is 98.8 Å². The number of amides is 1. The van der Waals surface area contributed by atoms with Crippen LogP contribution in [-0.4, -0.2) is 47.0 Å². The van der Waals surface area contributed by atoms with Gasteiger partial charge in [0.15, 0.2) is 0 Å². The van der Waals surface area contributed by atoms with Gasteiger partial charge in [0, 0.05) is 18.2 Å². The molecule has 0 spiro atoms. The minimum absolute atomic E-state index is 0.0327. The minimum Gasteiger partial charge on any atom is -0.478 e. The quantitative estimate of drug-likeness (QED) is 0.529. The molecule has 0 aromatic carbocycles. The minimum atomic E-state index is -1.19. The van der Waals surface area contributed by atoms with Crippen molar-refractivity contribution in [3.8, 4) is 0 Å². The van der Waals surface area contributed by atoms with Crippen molar-refractivity contribution >= 4 is 17.8 Å². The van der Waals surface area contributed by atoms with Crippen LogP contribution < -0.4 is 0 Å². The van der Waals surface area contributed by atoms with Crippen molar-refractivity contribution in [1.29, 1.82) is 0 Å². The third kappa shape index (κ3) is 4.67. The Morgan fingerprint density at radius 1 is 1.35 bits per heavy atom. The summed E-state index contributed by atoms with van der Waals surface area (Å²) in [7, 11) is 0. The number of hydrogen-bond donors (Lipinski definition) is 1. The SMILES string of the molecule is CCOC(=O)CN(C(=O)/C=C/C(=O)O)C1CC1. The van der Waals surface area contributed by atoms with Gasteiger partial charge in [0.1, 0.15) is 6.54 Å². The van der Waals surface area contributed by atoms with E-state index in [9.17, 15) is 14.4 Å². The molecule has 94 valence electrons. The average Bonchev–Trinajstić information content (AvgIpc) is 3.06. The van der Waals surface area contributed by atoms with Crippen LogP contribution in [0.3, 0.4) is 0 Å². The summed E-state index contributed by atoms with van der Waals surface area (Å²) in [6, 6.07) is 0.0327. The Hall–Kier alpha value is -1.85. The molecule has 1 amide bonds. The van der Waals surface area contributed by atoms with Crippen molar-refractivity contribution in [2.45, 2.75) is 25.8 Å². The Morgan fingerprint density at radius 2 is 2.00 bits per heavy atom. The third-order valence-electron chi connectivity index (χ3n) is 2.24. The fourth-order valence-corrected chi connectivity index (χ4v) is 1.36. The summed E-state index contributed by atoms with van der Waals surface area (Å²) in [6.07, 6.45) is 3.40. The molecular weight excluding hydrogens is 226 g/mol. The van der Waals surface area contributed by atoms with E-state index in [4.69, 9.17) is 9.84 Å². The monoisotopic (exact) mass is 241 g/mol. The molecule has 17 heavy (non-hydrogen) atoms. The first-order valence-electron chi connectivity index (χ1n) is 5.41. The molecular formula is C11H15NO5. The summed E-state index contributed by atoms with van der Waals surface area (Å²) in [4.78, 5) is 34.5. The Bertz CT molecular complexity index is 346. The lowest BCUT2D eigenvalue weighted by Crippen LogP contribution is -2.37. The summed E-state index contributed by atoms with van der Waals surface area (Å²) in [5.41, 5.74) is 0. The number of carboxylic acids is 1. The number of carboxylic acid groups (broad SMARTS) is 1. The highest BCUT2D eigenvalue weighted by Crippen LogP contribution is 2.26. The molecule has 1 rings (SSSR count). The van der Waals surface area contributed by atoms with E-state index in [1.54, 1.807) is 6.92 Å². The lowest BCUT2D eigenvalue weighted by atomic mass is 10.4. The number of nitrogens with zero attached hydrogens (tertiary/aromatic N) is 1. The van der Waals surface area contributed by atoms with Crippen LogP contribution in [0.15, 0.2) is 12.2 Å². The molecule has 1 fully saturated rings. The lowest BCUT2D eigenvalue weighted by molar-refractivity contribution is -0.148. The van der Waals surface area contributed by atoms with Gasteiger partial charge in [-0.2, -0.15) is 0 Å². The highest BCUT2D eigenvalue weighted by atomic mass is 16.5. The van der Waals surface area contributed by atoms with Gasteiger partial charge in [-0.05, 0) is 19.8 Å². The van der Waals surface area contributed by atoms with Gasteiger partial charge in [0.05, 0.1) is 6.61 Å². The zero-order valence-corrected chi connectivity index (χ0v) is 9.59. The Kier molecular flexibility index (Phi) is 4.68. The average molecular weight is 241 g/mol. The van der Waals surface area contributed by atoms with E-state index in [-0.39, 0.29) is 19.2 Å². The number of rotatable bonds is 6. The van der Waals surface area contributed by atoms with Crippen molar-refractivity contribution in [3.63, 3.8) is 0 Å². The standard InChI is InChI=1S/C11H15NO5/c1-2-17-11(16)7-12(8-3-4-8)9(13)5-6-10(14)15/h5-6,8H,2-4,7H2,1H3,(H,14,15)/b6-5+. The van der Waals surface area contributed by atoms with E-state index in [2.05, 4.69) is 0 Å². The van der Waals surface area contributed by atoms with Crippen LogP contribution in [0.5, 0.6) is 0 Å². The molecule has 1 aliphatic carbocycles. The maximum atomic E-state index is 11.6. The summed E-state index contributed by atoms with van der Waals surface area (Å²) < 4.78 is 4.75. The van der Waals surface area contributed by atoms with E-state index >= 15 is 0 Å². The lowest BCUT2D eigenvalue weighted by Gasteiger charge is -2.19. The third-order valence-corrected chi connectivity index (χ3v) is 2.24. The van der Waals surface area contributed by atoms with Gasteiger partial charge in [-0.15, -0.1) is 0 Å². The zero-order chi connectivity index (χ0) is 12.8. The normalized spacial score (nSPS) is 14.6. The molecule has 0 bridgehead atoms. The number of esters is 1. The maximum Gasteiger partial charge on any atom is 0.328 e. The first-order chi connectivity index (χ1) is 8.04. The Morgan fingerprint density at radius 3 is 2.47 bits per heavy atom. The number of carbonyl (C=O) groups is 3. The highest BCUT2D eigenvalue weighted by Gasteiger charge is 2.33. The Balaban J connectivity index is 2.56. The molecule has 0 saturated heterocycles. The van der Waals surface area contributed by atoms with Crippen molar-refractivity contribution in [1.82, 2.24) is 4.90 Å². The summed E-state index contributed by atoms with van der Waals surface area (Å²) >= 11 is 0. The van der Waals surface area contributed by atoms with Crippen LogP contribution >= 0.6 is 0 Å². The van der Waals surface area contributed by atoms with Crippen molar-refractivity contribution in [2.75, 3.05) is 13.2 Å². The second-order valence-electron chi connectivity index (χ2n) is 3.67. The van der Waals surface area contributed by atoms with Gasteiger partial charge in [-0.3, -0.25) is 9.59 Å². The van der Waals surface area contributed by atoms with E-state index in [0.29, 0.717) is 0 Å². The first kappa shape index (κ1) is 13.2. The predicted molar refractivity (Wildman–Crippen MR) is 58.1 cm³/mol. The molecule has 0 aliphatic heterocycles. The molecule has 0 radical (unpaired) electrons. The number of hydrogen-bond acceptors (Lipinski definition) is 4. The van der Waals surface area contributed by atoms with Crippen LogP contribution in [-0.2, 0) is 19.1 Å². The van der Waals surface area contributed by atoms with Gasteiger partial charge in [-0.1, -0.05) is 0 Å². The van der Waals surface area contributed by atoms with Crippen LogP contribution in [0.1, 0.15) is 19.8 Å². The fourth-order valence-electron chi connectivity index (χ4n) is 1.36. The fraction of sp³-hybridized carbons (Fsp3) is 0.545. The van der Waals surface area contributed by atoms with Crippen molar-refractivity contribution in [3.05, 3.63) is 12.2 Å². The number of carbonyl (C=O) groups excluding carboxylic acids is 2. The van der Waals surface area contributed by atoms with E-state index in [0.717, 1.165) is 25.0 Å². The molecule has 6 nitrogen and oxygen atoms in total. The highest BCUT2D eigenvalue weighted by molar-refractivity contribution is 5.95. The van der Waals surface area contributed by atoms with Crippen molar-refractivity contribution in [2.24, 2.45) is 0 Å². The number of ether oxygens (including phenoxy) is 1. The van der Waals surface area contributed by atoms with Gasteiger partial charge in [-0.25, -0.2) is 4.79 Å².